The molecule has 0 aromatic rings. The van der Waals surface area contributed by atoms with Gasteiger partial charge in [0.15, 0.2) is 0 Å². The smallest absolute Gasteiger partial charge is 0.240 e. The number of ether oxygens (including phenoxy) is 1. The summed E-state index contributed by atoms with van der Waals surface area (Å²) >= 11 is 0. The molecule has 1 N–H and O–H groups in total. The zero-order valence-electron chi connectivity index (χ0n) is 11.1. The predicted octanol–water partition coefficient (Wildman–Crippen LogP) is 2.00. The van der Waals surface area contributed by atoms with Gasteiger partial charge < -0.3 is 10.1 Å². The van der Waals surface area contributed by atoms with Crippen LogP contribution >= 0.6 is 0 Å². The Morgan fingerprint density at radius 1 is 1.44 bits per heavy atom. The molecule has 2 fully saturated rings. The summed E-state index contributed by atoms with van der Waals surface area (Å²) in [5.41, 5.74) is -0.757. The Bertz CT molecular complexity index is 336. The molecule has 0 aromatic heterocycles. The van der Waals surface area contributed by atoms with Gasteiger partial charge in [0, 0.05) is 6.54 Å². The molecule has 2 aliphatic rings. The molecule has 0 heterocycles. The monoisotopic (exact) mass is 250 g/mol. The van der Waals surface area contributed by atoms with Crippen LogP contribution in [0.4, 0.5) is 0 Å². The molecule has 0 aliphatic heterocycles. The van der Waals surface area contributed by atoms with Gasteiger partial charge in [0.05, 0.1) is 18.8 Å². The van der Waals surface area contributed by atoms with E-state index in [-0.39, 0.29) is 5.91 Å². The fourth-order valence-corrected chi connectivity index (χ4v) is 3.07. The third kappa shape index (κ3) is 2.84. The van der Waals surface area contributed by atoms with E-state index in [4.69, 9.17) is 10.00 Å². The van der Waals surface area contributed by atoms with E-state index in [0.29, 0.717) is 38.0 Å². The molecule has 4 heteroatoms. The minimum atomic E-state index is -0.757. The minimum Gasteiger partial charge on any atom is -0.376 e. The van der Waals surface area contributed by atoms with Crippen LogP contribution in [0.5, 0.6) is 0 Å². The van der Waals surface area contributed by atoms with Gasteiger partial charge >= 0.3 is 0 Å². The maximum Gasteiger partial charge on any atom is 0.240 e. The van der Waals surface area contributed by atoms with Crippen LogP contribution in [0.15, 0.2) is 0 Å². The van der Waals surface area contributed by atoms with E-state index in [2.05, 4.69) is 18.3 Å². The average molecular weight is 250 g/mol. The van der Waals surface area contributed by atoms with Crippen LogP contribution in [0.1, 0.15) is 45.4 Å². The molecular weight excluding hydrogens is 228 g/mol. The molecule has 0 aromatic carbocycles. The summed E-state index contributed by atoms with van der Waals surface area (Å²) < 4.78 is 5.67. The molecular formula is C14H22N2O2. The van der Waals surface area contributed by atoms with Gasteiger partial charge in [0.2, 0.25) is 5.91 Å². The van der Waals surface area contributed by atoms with Crippen molar-refractivity contribution in [2.24, 2.45) is 11.3 Å². The van der Waals surface area contributed by atoms with Gasteiger partial charge in [0.25, 0.3) is 0 Å². The van der Waals surface area contributed by atoms with Crippen molar-refractivity contribution in [2.75, 3.05) is 13.2 Å². The molecule has 2 saturated carbocycles. The Morgan fingerprint density at radius 2 is 2.11 bits per heavy atom. The van der Waals surface area contributed by atoms with E-state index in [1.165, 1.54) is 12.8 Å². The van der Waals surface area contributed by atoms with Gasteiger partial charge in [0.1, 0.15) is 5.41 Å². The topological polar surface area (TPSA) is 62.1 Å². The second-order valence-electron chi connectivity index (χ2n) is 5.74. The van der Waals surface area contributed by atoms with Gasteiger partial charge in [-0.05, 0) is 31.6 Å². The summed E-state index contributed by atoms with van der Waals surface area (Å²) in [6.45, 7) is 3.16. The molecule has 0 radical (unpaired) electrons. The van der Waals surface area contributed by atoms with E-state index < -0.39 is 5.41 Å². The quantitative estimate of drug-likeness (QED) is 0.759. The van der Waals surface area contributed by atoms with E-state index in [1.807, 2.05) is 0 Å². The average Bonchev–Trinajstić information content (AvgIpc) is 2.83. The molecule has 18 heavy (non-hydrogen) atoms. The molecule has 4 nitrogen and oxygen atoms in total. The van der Waals surface area contributed by atoms with Crippen LogP contribution in [0, 0.1) is 22.7 Å². The third-order valence-corrected chi connectivity index (χ3v) is 4.09. The normalized spacial score (nSPS) is 31.7. The first-order valence-corrected chi connectivity index (χ1v) is 6.97. The van der Waals surface area contributed by atoms with Crippen LogP contribution in [0.2, 0.25) is 0 Å². The highest BCUT2D eigenvalue weighted by Gasteiger charge is 2.48. The van der Waals surface area contributed by atoms with Crippen LogP contribution in [0.3, 0.4) is 0 Å². The molecule has 1 amide bonds. The highest BCUT2D eigenvalue weighted by atomic mass is 16.5. The van der Waals surface area contributed by atoms with Crippen molar-refractivity contribution >= 4 is 5.91 Å². The highest BCUT2D eigenvalue weighted by Crippen LogP contribution is 2.44. The number of carbonyl (C=O) groups excluding carboxylic acids is 1. The van der Waals surface area contributed by atoms with E-state index in [0.717, 1.165) is 12.8 Å². The summed E-state index contributed by atoms with van der Waals surface area (Å²) in [4.78, 5) is 11.9. The number of carbonyl (C=O) groups is 1. The lowest BCUT2D eigenvalue weighted by atomic mass is 9.63. The maximum atomic E-state index is 11.9. The largest absolute Gasteiger partial charge is 0.376 e. The standard InChI is InChI=1S/C14H22N2O2/c1-11-8-14(9-11,10-15)13(17)16-6-7-18-12-4-2-3-5-12/h11-12H,2-9H2,1H3,(H,16,17). The summed E-state index contributed by atoms with van der Waals surface area (Å²) in [6, 6.07) is 2.17. The lowest BCUT2D eigenvalue weighted by Gasteiger charge is -2.39. The van der Waals surface area contributed by atoms with Crippen LogP contribution in [-0.4, -0.2) is 25.2 Å². The molecule has 0 unspecified atom stereocenters. The van der Waals surface area contributed by atoms with E-state index in [9.17, 15) is 4.79 Å². The van der Waals surface area contributed by atoms with Gasteiger partial charge in [-0.25, -0.2) is 0 Å². The van der Waals surface area contributed by atoms with E-state index in [1.54, 1.807) is 0 Å². The number of rotatable bonds is 5. The molecule has 100 valence electrons. The summed E-state index contributed by atoms with van der Waals surface area (Å²) in [5.74, 6) is 0.378. The van der Waals surface area contributed by atoms with Gasteiger partial charge in [-0.2, -0.15) is 5.26 Å². The van der Waals surface area contributed by atoms with Crippen molar-refractivity contribution in [1.82, 2.24) is 5.32 Å². The summed E-state index contributed by atoms with van der Waals surface area (Å²) in [5, 5.41) is 11.9. The van der Waals surface area contributed by atoms with Crippen LogP contribution < -0.4 is 5.32 Å². The van der Waals surface area contributed by atoms with Crippen molar-refractivity contribution < 1.29 is 9.53 Å². The maximum absolute atomic E-state index is 11.9. The van der Waals surface area contributed by atoms with Crippen LogP contribution in [0.25, 0.3) is 0 Å². The summed E-state index contributed by atoms with van der Waals surface area (Å²) in [6.07, 6.45) is 6.58. The second-order valence-corrected chi connectivity index (χ2v) is 5.74. The molecule has 0 bridgehead atoms. The van der Waals surface area contributed by atoms with E-state index >= 15 is 0 Å². The Hall–Kier alpha value is -1.08. The number of nitrogens with one attached hydrogen (secondary N) is 1. The number of nitrogens with zero attached hydrogens (tertiary/aromatic N) is 1. The van der Waals surface area contributed by atoms with Crippen molar-refractivity contribution in [3.63, 3.8) is 0 Å². The number of hydrogen-bond donors (Lipinski definition) is 1. The first-order valence-electron chi connectivity index (χ1n) is 6.97. The van der Waals surface area contributed by atoms with Crippen molar-refractivity contribution in [3.8, 4) is 6.07 Å². The Labute approximate surface area is 109 Å². The zero-order chi connectivity index (χ0) is 13.0. The van der Waals surface area contributed by atoms with Gasteiger partial charge in [-0.3, -0.25) is 4.79 Å². The minimum absolute atomic E-state index is 0.113. The molecule has 2 aliphatic carbocycles. The van der Waals surface area contributed by atoms with Crippen molar-refractivity contribution in [2.45, 2.75) is 51.6 Å². The zero-order valence-corrected chi connectivity index (χ0v) is 11.1. The number of hydrogen-bond acceptors (Lipinski definition) is 3. The molecule has 2 rings (SSSR count). The van der Waals surface area contributed by atoms with Crippen molar-refractivity contribution in [3.05, 3.63) is 0 Å². The Morgan fingerprint density at radius 3 is 2.67 bits per heavy atom. The first-order chi connectivity index (χ1) is 8.66. The van der Waals surface area contributed by atoms with Crippen molar-refractivity contribution in [1.29, 1.82) is 5.26 Å². The van der Waals surface area contributed by atoms with Gasteiger partial charge in [-0.15, -0.1) is 0 Å². The summed E-state index contributed by atoms with van der Waals surface area (Å²) in [7, 11) is 0. The SMILES string of the molecule is CC1CC(C#N)(C(=O)NCCOC2CCCC2)C1. The molecule has 0 spiro atoms. The lowest BCUT2D eigenvalue weighted by Crippen LogP contribution is -2.48. The Kier molecular flexibility index (Phi) is 4.23. The second kappa shape index (κ2) is 5.71. The van der Waals surface area contributed by atoms with Crippen LogP contribution in [-0.2, 0) is 9.53 Å². The number of nitriles is 1. The highest BCUT2D eigenvalue weighted by molar-refractivity contribution is 5.86. The Balaban J connectivity index is 1.64. The molecule has 0 saturated heterocycles. The number of amides is 1. The van der Waals surface area contributed by atoms with Gasteiger partial charge in [-0.1, -0.05) is 19.8 Å². The fraction of sp³-hybridized carbons (Fsp3) is 0.857. The fourth-order valence-electron chi connectivity index (χ4n) is 3.07. The third-order valence-electron chi connectivity index (χ3n) is 4.09. The lowest BCUT2D eigenvalue weighted by molar-refractivity contribution is -0.134. The predicted molar refractivity (Wildman–Crippen MR) is 67.7 cm³/mol. The molecule has 0 atom stereocenters. The first kappa shape index (κ1) is 13.4.